The smallest absolute Gasteiger partial charge is 0.203 e. The number of guanidine groups is 1. The van der Waals surface area contributed by atoms with Crippen molar-refractivity contribution in [3.63, 3.8) is 0 Å². The van der Waals surface area contributed by atoms with Crippen LogP contribution >= 0.6 is 12.2 Å². The summed E-state index contributed by atoms with van der Waals surface area (Å²) in [4.78, 5) is 15.3. The number of nitrogens with two attached hydrogens (primary N) is 2. The first-order valence-electron chi connectivity index (χ1n) is 8.46. The zero-order chi connectivity index (χ0) is 20.3. The number of hydrogen-bond donors (Lipinski definition) is 7. The zero-order valence-electron chi connectivity index (χ0n) is 14.8. The zero-order valence-corrected chi connectivity index (χ0v) is 15.6. The Bertz CT molecular complexity index is 938. The molecule has 1 unspecified atom stereocenters. The predicted octanol–water partition coefficient (Wildman–Crippen LogP) is -1.66. The number of aliphatic hydroxyl groups is 3. The molecule has 9 N–H and O–H groups in total. The van der Waals surface area contributed by atoms with Gasteiger partial charge in [0, 0.05) is 6.54 Å². The SMILES string of the molecule is NC(N)=NCC=CCNc1nc(=S)c2ncn([C@@H]3O[C@H](CO)[C@H](O)C3O)c2[nH]1. The second kappa shape index (κ2) is 8.62. The largest absolute Gasteiger partial charge is 0.394 e. The number of aliphatic hydroxyl groups excluding tert-OH is 3. The van der Waals surface area contributed by atoms with Crippen LogP contribution in [0.5, 0.6) is 0 Å². The van der Waals surface area contributed by atoms with Crippen LogP contribution in [0.25, 0.3) is 11.2 Å². The summed E-state index contributed by atoms with van der Waals surface area (Å²) in [5.74, 6) is 0.407. The average molecular weight is 410 g/mol. The van der Waals surface area contributed by atoms with Crippen LogP contribution in [0.3, 0.4) is 0 Å². The van der Waals surface area contributed by atoms with E-state index in [2.05, 4.69) is 25.3 Å². The molecule has 2 aromatic heterocycles. The maximum absolute atomic E-state index is 10.2. The standard InChI is InChI=1S/C15H22N8O4S/c16-14(17)18-3-1-2-4-19-15-21-11-8(12(28)22-15)20-6-23(11)13-10(26)9(25)7(5-24)27-13/h1-2,6-7,9-10,13,24-26H,3-5H2,(H4,16,17,18)(H2,19,21,22,28)/t7-,9+,10?,13-/m1/s1. The van der Waals surface area contributed by atoms with Gasteiger partial charge >= 0.3 is 0 Å². The summed E-state index contributed by atoms with van der Waals surface area (Å²) < 4.78 is 7.31. The number of aromatic amines is 1. The summed E-state index contributed by atoms with van der Waals surface area (Å²) in [6, 6.07) is 0. The Morgan fingerprint density at radius 2 is 2.18 bits per heavy atom. The first-order valence-corrected chi connectivity index (χ1v) is 8.86. The number of nitrogens with one attached hydrogen (secondary N) is 2. The van der Waals surface area contributed by atoms with E-state index in [4.69, 9.17) is 28.4 Å². The van der Waals surface area contributed by atoms with Gasteiger partial charge in [-0.3, -0.25) is 4.57 Å². The van der Waals surface area contributed by atoms with Crippen LogP contribution in [0.2, 0.25) is 0 Å². The normalized spacial score (nSPS) is 24.8. The predicted molar refractivity (Wildman–Crippen MR) is 104 cm³/mol. The molecule has 2 aromatic rings. The van der Waals surface area contributed by atoms with E-state index in [0.717, 1.165) is 0 Å². The fourth-order valence-corrected chi connectivity index (χ4v) is 3.03. The second-order valence-electron chi connectivity index (χ2n) is 6.09. The van der Waals surface area contributed by atoms with E-state index in [-0.39, 0.29) is 10.6 Å². The van der Waals surface area contributed by atoms with Gasteiger partial charge in [-0.1, -0.05) is 24.4 Å². The molecular weight excluding hydrogens is 388 g/mol. The van der Waals surface area contributed by atoms with Gasteiger partial charge in [-0.15, -0.1) is 0 Å². The highest BCUT2D eigenvalue weighted by Crippen LogP contribution is 2.31. The summed E-state index contributed by atoms with van der Waals surface area (Å²) in [7, 11) is 0. The van der Waals surface area contributed by atoms with Crippen molar-refractivity contribution >= 4 is 35.3 Å². The van der Waals surface area contributed by atoms with Gasteiger partial charge in [0.05, 0.1) is 19.5 Å². The third-order valence-corrected chi connectivity index (χ3v) is 4.46. The van der Waals surface area contributed by atoms with Gasteiger partial charge in [-0.05, 0) is 0 Å². The van der Waals surface area contributed by atoms with Crippen LogP contribution in [-0.2, 0) is 4.74 Å². The lowest BCUT2D eigenvalue weighted by molar-refractivity contribution is -0.0511. The van der Waals surface area contributed by atoms with Crippen molar-refractivity contribution in [2.45, 2.75) is 24.5 Å². The molecule has 1 aliphatic heterocycles. The number of hydrogen-bond acceptors (Lipinski definition) is 9. The first-order chi connectivity index (χ1) is 13.4. The van der Waals surface area contributed by atoms with Crippen molar-refractivity contribution in [3.05, 3.63) is 23.1 Å². The molecule has 28 heavy (non-hydrogen) atoms. The van der Waals surface area contributed by atoms with Gasteiger partial charge in [-0.2, -0.15) is 0 Å². The van der Waals surface area contributed by atoms with Crippen molar-refractivity contribution in [2.75, 3.05) is 25.0 Å². The number of nitrogens with zero attached hydrogens (tertiary/aromatic N) is 4. The minimum absolute atomic E-state index is 0.0203. The molecule has 0 aromatic carbocycles. The van der Waals surface area contributed by atoms with Crippen LogP contribution < -0.4 is 16.8 Å². The van der Waals surface area contributed by atoms with Crippen LogP contribution in [0, 0.1) is 4.64 Å². The Balaban J connectivity index is 1.79. The van der Waals surface area contributed by atoms with Gasteiger partial charge in [0.2, 0.25) is 5.95 Å². The monoisotopic (exact) mass is 410 g/mol. The molecule has 4 atom stereocenters. The lowest BCUT2D eigenvalue weighted by Crippen LogP contribution is -2.33. The maximum atomic E-state index is 10.2. The van der Waals surface area contributed by atoms with Crippen LogP contribution in [0.4, 0.5) is 5.95 Å². The highest BCUT2D eigenvalue weighted by Gasteiger charge is 2.43. The molecule has 3 heterocycles. The third-order valence-electron chi connectivity index (χ3n) is 4.17. The molecule has 1 saturated heterocycles. The number of anilines is 1. The number of aliphatic imine (C=N–C) groups is 1. The van der Waals surface area contributed by atoms with E-state index in [1.165, 1.54) is 10.9 Å². The Hall–Kier alpha value is -2.58. The Morgan fingerprint density at radius 3 is 2.86 bits per heavy atom. The van der Waals surface area contributed by atoms with Gasteiger partial charge < -0.3 is 41.8 Å². The molecule has 0 aliphatic carbocycles. The summed E-state index contributed by atoms with van der Waals surface area (Å²) >= 11 is 5.27. The Kier molecular flexibility index (Phi) is 6.21. The summed E-state index contributed by atoms with van der Waals surface area (Å²) in [5.41, 5.74) is 11.4. The van der Waals surface area contributed by atoms with E-state index in [1.807, 2.05) is 6.08 Å². The summed E-state index contributed by atoms with van der Waals surface area (Å²) in [5, 5.41) is 32.5. The van der Waals surface area contributed by atoms with Crippen molar-refractivity contribution in [1.82, 2.24) is 19.5 Å². The fraction of sp³-hybridized carbons (Fsp3) is 0.467. The van der Waals surface area contributed by atoms with Crippen LogP contribution in [0.1, 0.15) is 6.23 Å². The van der Waals surface area contributed by atoms with Gasteiger partial charge in [0.1, 0.15) is 29.5 Å². The third kappa shape index (κ3) is 4.13. The molecule has 12 nitrogen and oxygen atoms in total. The van der Waals surface area contributed by atoms with Crippen molar-refractivity contribution in [1.29, 1.82) is 0 Å². The Morgan fingerprint density at radius 1 is 1.39 bits per heavy atom. The summed E-state index contributed by atoms with van der Waals surface area (Å²) in [6.45, 7) is 0.383. The van der Waals surface area contributed by atoms with E-state index >= 15 is 0 Å². The number of imidazole rings is 1. The first kappa shape index (κ1) is 20.2. The minimum Gasteiger partial charge on any atom is -0.394 e. The number of ether oxygens (including phenoxy) is 1. The highest BCUT2D eigenvalue weighted by atomic mass is 32.1. The van der Waals surface area contributed by atoms with Crippen molar-refractivity contribution < 1.29 is 20.1 Å². The molecule has 0 spiro atoms. The molecule has 13 heteroatoms. The fourth-order valence-electron chi connectivity index (χ4n) is 2.79. The van der Waals surface area contributed by atoms with E-state index in [1.54, 1.807) is 6.08 Å². The molecular formula is C15H22N8O4S. The molecule has 0 radical (unpaired) electrons. The molecule has 152 valence electrons. The van der Waals surface area contributed by atoms with E-state index < -0.39 is 31.1 Å². The van der Waals surface area contributed by atoms with Gasteiger partial charge in [0.15, 0.2) is 16.8 Å². The van der Waals surface area contributed by atoms with Crippen molar-refractivity contribution in [3.8, 4) is 0 Å². The molecule has 0 saturated carbocycles. The lowest BCUT2D eigenvalue weighted by atomic mass is 10.1. The number of fused-ring (bicyclic) bond motifs is 1. The minimum atomic E-state index is -1.24. The van der Waals surface area contributed by atoms with E-state index in [0.29, 0.717) is 30.2 Å². The number of aromatic nitrogens is 4. The van der Waals surface area contributed by atoms with Crippen LogP contribution in [-0.4, -0.2) is 78.8 Å². The van der Waals surface area contributed by atoms with Gasteiger partial charge in [-0.25, -0.2) is 15.0 Å². The quantitative estimate of drug-likeness (QED) is 0.120. The lowest BCUT2D eigenvalue weighted by Gasteiger charge is -2.17. The molecule has 1 fully saturated rings. The average Bonchev–Trinajstić information content (AvgIpc) is 3.20. The summed E-state index contributed by atoms with van der Waals surface area (Å²) in [6.07, 6.45) is 0.747. The van der Waals surface area contributed by atoms with E-state index in [9.17, 15) is 15.3 Å². The maximum Gasteiger partial charge on any atom is 0.203 e. The number of rotatable bonds is 7. The number of H-pyrrole nitrogens is 1. The van der Waals surface area contributed by atoms with Crippen molar-refractivity contribution in [2.24, 2.45) is 16.5 Å². The molecule has 0 amide bonds. The van der Waals surface area contributed by atoms with Gasteiger partial charge in [0.25, 0.3) is 0 Å². The topological polar surface area (TPSA) is 193 Å². The molecule has 3 rings (SSSR count). The Labute approximate surface area is 164 Å². The highest BCUT2D eigenvalue weighted by molar-refractivity contribution is 7.71. The molecule has 1 aliphatic rings. The second-order valence-corrected chi connectivity index (χ2v) is 6.47. The van der Waals surface area contributed by atoms with Crippen LogP contribution in [0.15, 0.2) is 23.5 Å². The molecule has 0 bridgehead atoms.